The number of hydrogen-bond acceptors (Lipinski definition) is 4. The molecule has 0 heterocycles. The van der Waals surface area contributed by atoms with Gasteiger partial charge in [-0.2, -0.15) is 0 Å². The monoisotopic (exact) mass is 390 g/mol. The van der Waals surface area contributed by atoms with Crippen molar-refractivity contribution in [3.63, 3.8) is 0 Å². The van der Waals surface area contributed by atoms with Crippen LogP contribution in [-0.4, -0.2) is 45.7 Å². The van der Waals surface area contributed by atoms with Crippen LogP contribution in [0.4, 0.5) is 5.69 Å². The molecular formula is C20H26N2O4S. The number of methoxy groups -OCH3 is 1. The van der Waals surface area contributed by atoms with Crippen LogP contribution in [0, 0.1) is 0 Å². The molecule has 0 N–H and O–H groups in total. The molecule has 0 bridgehead atoms. The molecule has 0 aliphatic carbocycles. The normalized spacial score (nSPS) is 12.3. The standard InChI is InChI=1S/C20H26N2O4S/c1-5-19(20(23)21(2)15-16-9-7-6-8-10-16)22(27(4,24)25)17-11-13-18(26-3)14-12-17/h6-14,19H,5,15H2,1-4H3/t19-/m1/s1. The lowest BCUT2D eigenvalue weighted by molar-refractivity contribution is -0.131. The molecule has 0 saturated heterocycles. The summed E-state index contributed by atoms with van der Waals surface area (Å²) in [6.07, 6.45) is 1.47. The van der Waals surface area contributed by atoms with Gasteiger partial charge in [-0.3, -0.25) is 9.10 Å². The van der Waals surface area contributed by atoms with Crippen LogP contribution >= 0.6 is 0 Å². The highest BCUT2D eigenvalue weighted by molar-refractivity contribution is 7.92. The maximum atomic E-state index is 13.1. The van der Waals surface area contributed by atoms with Gasteiger partial charge in [-0.1, -0.05) is 37.3 Å². The van der Waals surface area contributed by atoms with E-state index in [4.69, 9.17) is 4.74 Å². The summed E-state index contributed by atoms with van der Waals surface area (Å²) >= 11 is 0. The first-order valence-corrected chi connectivity index (χ1v) is 10.5. The molecule has 0 fully saturated rings. The molecule has 2 aromatic carbocycles. The molecule has 0 aromatic heterocycles. The lowest BCUT2D eigenvalue weighted by atomic mass is 10.1. The van der Waals surface area contributed by atoms with Gasteiger partial charge in [-0.15, -0.1) is 0 Å². The van der Waals surface area contributed by atoms with Crippen molar-refractivity contribution in [1.82, 2.24) is 4.90 Å². The number of sulfonamides is 1. The van der Waals surface area contributed by atoms with Crippen molar-refractivity contribution in [1.29, 1.82) is 0 Å². The van der Waals surface area contributed by atoms with Gasteiger partial charge in [0.1, 0.15) is 11.8 Å². The van der Waals surface area contributed by atoms with Gasteiger partial charge in [0.15, 0.2) is 0 Å². The van der Waals surface area contributed by atoms with E-state index >= 15 is 0 Å². The van der Waals surface area contributed by atoms with Crippen molar-refractivity contribution in [2.45, 2.75) is 25.9 Å². The molecule has 2 aromatic rings. The number of carbonyl (C=O) groups is 1. The summed E-state index contributed by atoms with van der Waals surface area (Å²) in [5.41, 5.74) is 1.42. The zero-order valence-electron chi connectivity index (χ0n) is 16.1. The van der Waals surface area contributed by atoms with Crippen LogP contribution < -0.4 is 9.04 Å². The Hall–Kier alpha value is -2.54. The molecular weight excluding hydrogens is 364 g/mol. The molecule has 6 nitrogen and oxygen atoms in total. The number of rotatable bonds is 8. The average molecular weight is 391 g/mol. The molecule has 146 valence electrons. The fraction of sp³-hybridized carbons (Fsp3) is 0.350. The van der Waals surface area contributed by atoms with E-state index in [0.717, 1.165) is 11.8 Å². The molecule has 1 atom stereocenters. The zero-order chi connectivity index (χ0) is 20.0. The SMILES string of the molecule is CC[C@H](C(=O)N(C)Cc1ccccc1)N(c1ccc(OC)cc1)S(C)(=O)=O. The Labute approximate surface area is 161 Å². The second kappa shape index (κ2) is 8.90. The first kappa shape index (κ1) is 20.8. The van der Waals surface area contributed by atoms with Crippen LogP contribution in [0.1, 0.15) is 18.9 Å². The average Bonchev–Trinajstić information content (AvgIpc) is 2.65. The second-order valence-corrected chi connectivity index (χ2v) is 8.22. The van der Waals surface area contributed by atoms with Crippen molar-refractivity contribution >= 4 is 21.6 Å². The summed E-state index contributed by atoms with van der Waals surface area (Å²) in [6.45, 7) is 2.22. The fourth-order valence-corrected chi connectivity index (χ4v) is 4.17. The van der Waals surface area contributed by atoms with Crippen LogP contribution in [0.3, 0.4) is 0 Å². The fourth-order valence-electron chi connectivity index (χ4n) is 2.96. The first-order chi connectivity index (χ1) is 12.8. The lowest BCUT2D eigenvalue weighted by Crippen LogP contribution is -2.49. The molecule has 0 saturated carbocycles. The van der Waals surface area contributed by atoms with Crippen molar-refractivity contribution in [3.8, 4) is 5.75 Å². The largest absolute Gasteiger partial charge is 0.497 e. The third-order valence-corrected chi connectivity index (χ3v) is 5.46. The molecule has 0 unspecified atom stereocenters. The van der Waals surface area contributed by atoms with Crippen molar-refractivity contribution < 1.29 is 17.9 Å². The predicted octanol–water partition coefficient (Wildman–Crippen LogP) is 2.90. The van der Waals surface area contributed by atoms with Crippen LogP contribution in [0.2, 0.25) is 0 Å². The minimum Gasteiger partial charge on any atom is -0.497 e. The van der Waals surface area contributed by atoms with E-state index in [1.54, 1.807) is 50.2 Å². The van der Waals surface area contributed by atoms with Crippen molar-refractivity contribution in [2.24, 2.45) is 0 Å². The molecule has 2 rings (SSSR count). The van der Waals surface area contributed by atoms with E-state index < -0.39 is 16.1 Å². The lowest BCUT2D eigenvalue weighted by Gasteiger charge is -2.33. The molecule has 0 aliphatic rings. The number of ether oxygens (including phenoxy) is 1. The van der Waals surface area contributed by atoms with Gasteiger partial charge >= 0.3 is 0 Å². The number of anilines is 1. The van der Waals surface area contributed by atoms with Gasteiger partial charge in [0.05, 0.1) is 19.1 Å². The van der Waals surface area contributed by atoms with E-state index in [2.05, 4.69) is 0 Å². The first-order valence-electron chi connectivity index (χ1n) is 8.70. The topological polar surface area (TPSA) is 66.9 Å². The van der Waals surface area contributed by atoms with Crippen molar-refractivity contribution in [3.05, 3.63) is 60.2 Å². The highest BCUT2D eigenvalue weighted by atomic mass is 32.2. The number of amides is 1. The molecule has 27 heavy (non-hydrogen) atoms. The number of carbonyl (C=O) groups excluding carboxylic acids is 1. The van der Waals surface area contributed by atoms with E-state index in [9.17, 15) is 13.2 Å². The van der Waals surface area contributed by atoms with E-state index in [0.29, 0.717) is 24.4 Å². The Kier molecular flexibility index (Phi) is 6.85. The van der Waals surface area contributed by atoms with Crippen LogP contribution in [0.25, 0.3) is 0 Å². The van der Waals surface area contributed by atoms with Crippen LogP contribution in [-0.2, 0) is 21.4 Å². The third kappa shape index (κ3) is 5.23. The second-order valence-electron chi connectivity index (χ2n) is 6.36. The molecule has 0 aliphatic heterocycles. The van der Waals surface area contributed by atoms with Gasteiger partial charge in [-0.25, -0.2) is 8.42 Å². The summed E-state index contributed by atoms with van der Waals surface area (Å²) in [4.78, 5) is 14.6. The summed E-state index contributed by atoms with van der Waals surface area (Å²) < 4.78 is 31.3. The Balaban J connectivity index is 2.32. The van der Waals surface area contributed by atoms with Gasteiger partial charge in [-0.05, 0) is 36.2 Å². The Bertz CT molecular complexity index is 851. The Morgan fingerprint density at radius 2 is 1.67 bits per heavy atom. The van der Waals surface area contributed by atoms with Gasteiger partial charge in [0.2, 0.25) is 15.9 Å². The number of likely N-dealkylation sites (N-methyl/N-ethyl adjacent to an activating group) is 1. The summed E-state index contributed by atoms with van der Waals surface area (Å²) in [5, 5.41) is 0. The minimum absolute atomic E-state index is 0.248. The highest BCUT2D eigenvalue weighted by Gasteiger charge is 2.33. The van der Waals surface area contributed by atoms with E-state index in [-0.39, 0.29) is 5.91 Å². The third-order valence-electron chi connectivity index (χ3n) is 4.28. The van der Waals surface area contributed by atoms with Gasteiger partial charge in [0, 0.05) is 13.6 Å². The summed E-state index contributed by atoms with van der Waals surface area (Å²) in [5.74, 6) is 0.371. The Morgan fingerprint density at radius 1 is 1.07 bits per heavy atom. The van der Waals surface area contributed by atoms with Gasteiger partial charge < -0.3 is 9.64 Å². The van der Waals surface area contributed by atoms with E-state index in [1.807, 2.05) is 30.3 Å². The molecule has 0 spiro atoms. The molecule has 1 amide bonds. The summed E-state index contributed by atoms with van der Waals surface area (Å²) in [7, 11) is -0.426. The number of nitrogens with zero attached hydrogens (tertiary/aromatic N) is 2. The van der Waals surface area contributed by atoms with Crippen LogP contribution in [0.5, 0.6) is 5.75 Å². The van der Waals surface area contributed by atoms with Crippen LogP contribution in [0.15, 0.2) is 54.6 Å². The van der Waals surface area contributed by atoms with Gasteiger partial charge in [0.25, 0.3) is 0 Å². The molecule has 0 radical (unpaired) electrons. The number of hydrogen-bond donors (Lipinski definition) is 0. The number of benzene rings is 2. The minimum atomic E-state index is -3.66. The highest BCUT2D eigenvalue weighted by Crippen LogP contribution is 2.26. The summed E-state index contributed by atoms with van der Waals surface area (Å²) in [6, 6.07) is 15.4. The zero-order valence-corrected chi connectivity index (χ0v) is 16.9. The maximum absolute atomic E-state index is 13.1. The van der Waals surface area contributed by atoms with E-state index in [1.165, 1.54) is 4.31 Å². The quantitative estimate of drug-likeness (QED) is 0.695. The van der Waals surface area contributed by atoms with Crippen molar-refractivity contribution in [2.75, 3.05) is 24.7 Å². The maximum Gasteiger partial charge on any atom is 0.246 e. The Morgan fingerprint density at radius 3 is 2.15 bits per heavy atom. The predicted molar refractivity (Wildman–Crippen MR) is 107 cm³/mol. The molecule has 7 heteroatoms. The smallest absolute Gasteiger partial charge is 0.246 e.